The molecule has 3 rings (SSSR count). The van der Waals surface area contributed by atoms with Gasteiger partial charge < -0.3 is 0 Å². The van der Waals surface area contributed by atoms with Crippen LogP contribution >= 0.6 is 44.9 Å². The van der Waals surface area contributed by atoms with Gasteiger partial charge in [0.05, 0.1) is 16.2 Å². The summed E-state index contributed by atoms with van der Waals surface area (Å²) < 4.78 is 0. The van der Waals surface area contributed by atoms with Crippen molar-refractivity contribution >= 4 is 55.9 Å². The number of nitriles is 1. The molecule has 1 aromatic carbocycles. The van der Waals surface area contributed by atoms with Crippen LogP contribution in [0.1, 0.15) is 12.5 Å². The normalized spacial score (nSPS) is 23.4. The monoisotopic (exact) mass is 371 g/mol. The number of aliphatic imine (C=N–C) groups is 2. The van der Waals surface area contributed by atoms with E-state index in [1.807, 2.05) is 13.0 Å². The molecule has 2 heterocycles. The first-order valence-electron chi connectivity index (χ1n) is 6.09. The lowest BCUT2D eigenvalue weighted by atomic mass is 10.0. The quantitative estimate of drug-likeness (QED) is 0.808. The van der Waals surface area contributed by atoms with E-state index in [4.69, 9.17) is 33.9 Å². The molecule has 0 aliphatic carbocycles. The van der Waals surface area contributed by atoms with Gasteiger partial charge in [-0.2, -0.15) is 10.7 Å². The number of nitrogens with zero attached hydrogens (tertiary/aromatic N) is 4. The van der Waals surface area contributed by atoms with Crippen molar-refractivity contribution < 1.29 is 0 Å². The smallest absolute Gasteiger partial charge is 0.200 e. The molecule has 0 spiro atoms. The molecule has 0 bridgehead atoms. The summed E-state index contributed by atoms with van der Waals surface area (Å²) >= 11 is 12.0. The van der Waals surface area contributed by atoms with Gasteiger partial charge in [-0.1, -0.05) is 29.3 Å². The van der Waals surface area contributed by atoms with E-state index in [1.54, 1.807) is 17.1 Å². The van der Waals surface area contributed by atoms with Crippen molar-refractivity contribution in [2.75, 3.05) is 0 Å². The van der Waals surface area contributed by atoms with Crippen molar-refractivity contribution in [2.24, 2.45) is 9.98 Å². The lowest BCUT2D eigenvalue weighted by Crippen LogP contribution is -2.48. The van der Waals surface area contributed by atoms with Gasteiger partial charge in [0, 0.05) is 11.0 Å². The SMILES string of the molecule is CC1(c2ccc(Cl)c(Cl)c2)N=C2C(C#N)=CN=C(SCl)N2N1. The fourth-order valence-electron chi connectivity index (χ4n) is 2.17. The van der Waals surface area contributed by atoms with Crippen molar-refractivity contribution in [3.05, 3.63) is 45.6 Å². The van der Waals surface area contributed by atoms with E-state index >= 15 is 0 Å². The molecule has 2 aliphatic heterocycles. The highest BCUT2D eigenvalue weighted by molar-refractivity contribution is 8.32. The molecule has 1 N–H and O–H groups in total. The Hall–Kier alpha value is -1.23. The van der Waals surface area contributed by atoms with Crippen LogP contribution in [-0.4, -0.2) is 16.0 Å². The van der Waals surface area contributed by atoms with Crippen molar-refractivity contribution in [2.45, 2.75) is 12.6 Å². The molecule has 5 nitrogen and oxygen atoms in total. The molecule has 9 heteroatoms. The minimum atomic E-state index is -0.808. The van der Waals surface area contributed by atoms with Crippen molar-refractivity contribution in [3.63, 3.8) is 0 Å². The summed E-state index contributed by atoms with van der Waals surface area (Å²) in [7, 11) is 6.76. The van der Waals surface area contributed by atoms with Crippen LogP contribution in [0.2, 0.25) is 10.0 Å². The van der Waals surface area contributed by atoms with Gasteiger partial charge in [0.2, 0.25) is 0 Å². The topological polar surface area (TPSA) is 63.8 Å². The number of rotatable bonds is 1. The number of fused-ring (bicyclic) bond motifs is 1. The van der Waals surface area contributed by atoms with Crippen LogP contribution in [0.4, 0.5) is 0 Å². The first kappa shape index (κ1) is 15.7. The third-order valence-electron chi connectivity index (χ3n) is 3.28. The van der Waals surface area contributed by atoms with E-state index in [9.17, 15) is 5.26 Å². The molecular weight excluding hydrogens is 365 g/mol. The Morgan fingerprint density at radius 1 is 1.36 bits per heavy atom. The summed E-state index contributed by atoms with van der Waals surface area (Å²) in [6, 6.07) is 7.34. The summed E-state index contributed by atoms with van der Waals surface area (Å²) in [5.74, 6) is 0.467. The lowest BCUT2D eigenvalue weighted by molar-refractivity contribution is 0.312. The number of halogens is 3. The van der Waals surface area contributed by atoms with Crippen molar-refractivity contribution in [3.8, 4) is 6.07 Å². The third kappa shape index (κ3) is 2.49. The molecule has 0 amide bonds. The standard InChI is InChI=1S/C13H8Cl3N5S/c1-13(8-2-3-9(14)10(15)4-8)19-11-7(5-17)6-18-12(22-16)21(11)20-13/h2-4,6,20H,1H3. The third-order valence-corrected chi connectivity index (χ3v) is 4.86. The van der Waals surface area contributed by atoms with Crippen molar-refractivity contribution in [1.82, 2.24) is 10.4 Å². The van der Waals surface area contributed by atoms with Gasteiger partial charge in [-0.25, -0.2) is 15.0 Å². The van der Waals surface area contributed by atoms with E-state index in [0.29, 0.717) is 26.6 Å². The Labute approximate surface area is 145 Å². The predicted octanol–water partition coefficient (Wildman–Crippen LogP) is 4.05. The fraction of sp³-hybridized carbons (Fsp3) is 0.154. The van der Waals surface area contributed by atoms with E-state index in [-0.39, 0.29) is 0 Å². The zero-order valence-corrected chi connectivity index (χ0v) is 14.2. The Balaban J connectivity index is 2.07. The van der Waals surface area contributed by atoms with Crippen LogP contribution in [0.3, 0.4) is 0 Å². The zero-order chi connectivity index (χ0) is 15.9. The largest absolute Gasteiger partial charge is 0.237 e. The number of hydrogen-bond donors (Lipinski definition) is 1. The zero-order valence-electron chi connectivity index (χ0n) is 11.1. The minimum Gasteiger partial charge on any atom is -0.237 e. The Kier molecular flexibility index (Phi) is 4.10. The minimum absolute atomic E-state index is 0.353. The van der Waals surface area contributed by atoms with Gasteiger partial charge in [0.15, 0.2) is 16.7 Å². The Morgan fingerprint density at radius 3 is 2.77 bits per heavy atom. The second-order valence-electron chi connectivity index (χ2n) is 4.73. The van der Waals surface area contributed by atoms with Gasteiger partial charge in [-0.15, -0.1) is 0 Å². The lowest BCUT2D eigenvalue weighted by Gasteiger charge is -2.27. The number of hydrogen-bond acceptors (Lipinski definition) is 6. The molecule has 0 radical (unpaired) electrons. The van der Waals surface area contributed by atoms with Crippen molar-refractivity contribution in [1.29, 1.82) is 5.26 Å². The van der Waals surface area contributed by atoms with Crippen LogP contribution in [0, 0.1) is 11.3 Å². The number of amidine groups is 2. The maximum Gasteiger partial charge on any atom is 0.200 e. The molecule has 112 valence electrons. The van der Waals surface area contributed by atoms with E-state index < -0.39 is 5.66 Å². The summed E-state index contributed by atoms with van der Waals surface area (Å²) in [6.07, 6.45) is 1.45. The highest BCUT2D eigenvalue weighted by atomic mass is 35.7. The molecular formula is C13H8Cl3N5S. The molecule has 0 fully saturated rings. The van der Waals surface area contributed by atoms with Gasteiger partial charge in [0.25, 0.3) is 0 Å². The van der Waals surface area contributed by atoms with Crippen LogP contribution in [0.25, 0.3) is 0 Å². The predicted molar refractivity (Wildman–Crippen MR) is 90.8 cm³/mol. The second kappa shape index (κ2) is 5.76. The molecule has 22 heavy (non-hydrogen) atoms. The Morgan fingerprint density at radius 2 is 2.14 bits per heavy atom. The van der Waals surface area contributed by atoms with Crippen LogP contribution in [-0.2, 0) is 5.66 Å². The average Bonchev–Trinajstić information content (AvgIpc) is 2.87. The number of nitrogens with one attached hydrogen (secondary N) is 1. The van der Waals surface area contributed by atoms with Gasteiger partial charge >= 0.3 is 0 Å². The molecule has 1 unspecified atom stereocenters. The van der Waals surface area contributed by atoms with Crippen LogP contribution < -0.4 is 5.43 Å². The molecule has 0 saturated heterocycles. The fourth-order valence-corrected chi connectivity index (χ4v) is 3.09. The molecule has 0 saturated carbocycles. The Bertz CT molecular complexity index is 782. The maximum absolute atomic E-state index is 9.22. The van der Waals surface area contributed by atoms with E-state index in [0.717, 1.165) is 16.5 Å². The van der Waals surface area contributed by atoms with Gasteiger partial charge in [-0.3, -0.25) is 0 Å². The molecule has 2 aliphatic rings. The highest BCUT2D eigenvalue weighted by Crippen LogP contribution is 2.35. The molecule has 1 aromatic rings. The van der Waals surface area contributed by atoms with Gasteiger partial charge in [-0.05, 0) is 35.3 Å². The second-order valence-corrected chi connectivity index (χ2v) is 6.52. The van der Waals surface area contributed by atoms with Crippen LogP contribution in [0.5, 0.6) is 0 Å². The average molecular weight is 373 g/mol. The maximum atomic E-state index is 9.22. The first-order valence-corrected chi connectivity index (χ1v) is 8.49. The number of hydrazine groups is 1. The molecule has 0 aromatic heterocycles. The summed E-state index contributed by atoms with van der Waals surface area (Å²) in [4.78, 5) is 8.75. The molecule has 1 atom stereocenters. The first-order chi connectivity index (χ1) is 10.5. The van der Waals surface area contributed by atoms with Gasteiger partial charge in [0.1, 0.15) is 11.6 Å². The summed E-state index contributed by atoms with van der Waals surface area (Å²) in [5, 5.41) is 12.2. The highest BCUT2D eigenvalue weighted by Gasteiger charge is 2.41. The summed E-state index contributed by atoms with van der Waals surface area (Å²) in [5.41, 5.74) is 3.55. The summed E-state index contributed by atoms with van der Waals surface area (Å²) in [6.45, 7) is 1.86. The van der Waals surface area contributed by atoms with E-state index in [1.165, 1.54) is 6.20 Å². The van der Waals surface area contributed by atoms with E-state index in [2.05, 4.69) is 21.5 Å². The number of benzene rings is 1. The van der Waals surface area contributed by atoms with Crippen LogP contribution in [0.15, 0.2) is 40.0 Å².